The van der Waals surface area contributed by atoms with Gasteiger partial charge in [-0.15, -0.1) is 0 Å². The molecule has 2 heterocycles. The Morgan fingerprint density at radius 3 is 2.53 bits per heavy atom. The second-order valence-corrected chi connectivity index (χ2v) is 8.86. The summed E-state index contributed by atoms with van der Waals surface area (Å²) in [6.07, 6.45) is 5.85. The molecular weight excluding hydrogens is 438 g/mol. The Hall–Kier alpha value is -3.94. The largest absolute Gasteiger partial charge is 0.444 e. The van der Waals surface area contributed by atoms with E-state index in [1.54, 1.807) is 39.4 Å². The number of alkyl carbamates (subject to hydrolysis) is 1. The minimum atomic E-state index is -0.718. The summed E-state index contributed by atoms with van der Waals surface area (Å²) in [7, 11) is 0. The first kappa shape index (κ1) is 23.2. The first-order chi connectivity index (χ1) is 16.2. The molecule has 1 atom stereocenters. The lowest BCUT2D eigenvalue weighted by molar-refractivity contribution is 0.0526. The topological polar surface area (TPSA) is 77.0 Å². The predicted octanol–water partition coefficient (Wildman–Crippen LogP) is 5.63. The van der Waals surface area contributed by atoms with E-state index in [2.05, 4.69) is 20.3 Å². The number of carbonyl (C=O) groups is 1. The van der Waals surface area contributed by atoms with Crippen molar-refractivity contribution in [2.75, 3.05) is 6.54 Å². The highest BCUT2D eigenvalue weighted by Crippen LogP contribution is 2.35. The molecular formula is C26H24F2N4O2. The lowest BCUT2D eigenvalue weighted by Gasteiger charge is -2.23. The van der Waals surface area contributed by atoms with Gasteiger partial charge in [-0.05, 0) is 55.5 Å². The third-order valence-electron chi connectivity index (χ3n) is 5.18. The standard InChI is InChI=1S/C26H24F2N4O2/c1-26(2,3)34-25(33)31-14-22(17-9-18(27)11-19(28)10-17)24-23(13-30-15-32-24)21-6-4-5-16-12-29-8-7-20(16)21/h4-13,15,22H,14H2,1-3H3,(H,31,33)/t22-/m1/s1. The Morgan fingerprint density at radius 2 is 1.79 bits per heavy atom. The predicted molar refractivity (Wildman–Crippen MR) is 125 cm³/mol. The monoisotopic (exact) mass is 462 g/mol. The van der Waals surface area contributed by atoms with Gasteiger partial charge in [0, 0.05) is 48.1 Å². The fourth-order valence-electron chi connectivity index (χ4n) is 3.83. The fraction of sp³-hybridized carbons (Fsp3) is 0.231. The molecule has 2 aromatic carbocycles. The van der Waals surface area contributed by atoms with Crippen LogP contribution in [0.15, 0.2) is 67.4 Å². The molecule has 0 aliphatic heterocycles. The molecule has 0 saturated heterocycles. The highest BCUT2D eigenvalue weighted by Gasteiger charge is 2.24. The summed E-state index contributed by atoms with van der Waals surface area (Å²) in [4.78, 5) is 25.2. The van der Waals surface area contributed by atoms with E-state index in [0.29, 0.717) is 16.8 Å². The summed E-state index contributed by atoms with van der Waals surface area (Å²) < 4.78 is 33.7. The Kier molecular flexibility index (Phi) is 6.49. The lowest BCUT2D eigenvalue weighted by atomic mass is 9.89. The summed E-state index contributed by atoms with van der Waals surface area (Å²) in [6.45, 7) is 5.27. The average Bonchev–Trinajstić information content (AvgIpc) is 2.77. The number of rotatable bonds is 5. The molecule has 1 amide bonds. The third kappa shape index (κ3) is 5.33. The van der Waals surface area contributed by atoms with Gasteiger partial charge in [-0.1, -0.05) is 18.2 Å². The van der Waals surface area contributed by atoms with Gasteiger partial charge in [0.1, 0.15) is 23.6 Å². The Bertz CT molecular complexity index is 1310. The van der Waals surface area contributed by atoms with Crippen molar-refractivity contribution >= 4 is 16.9 Å². The summed E-state index contributed by atoms with van der Waals surface area (Å²) in [5.74, 6) is -2.11. The van der Waals surface area contributed by atoms with Crippen molar-refractivity contribution in [2.24, 2.45) is 0 Å². The number of pyridine rings is 1. The van der Waals surface area contributed by atoms with Crippen LogP contribution < -0.4 is 5.32 Å². The van der Waals surface area contributed by atoms with Gasteiger partial charge in [0.15, 0.2) is 0 Å². The van der Waals surface area contributed by atoms with E-state index < -0.39 is 29.2 Å². The second kappa shape index (κ2) is 9.51. The van der Waals surface area contributed by atoms with Crippen LogP contribution in [0.25, 0.3) is 21.9 Å². The third-order valence-corrected chi connectivity index (χ3v) is 5.18. The van der Waals surface area contributed by atoms with Crippen molar-refractivity contribution in [1.29, 1.82) is 0 Å². The zero-order valence-corrected chi connectivity index (χ0v) is 19.0. The molecule has 174 valence electrons. The number of ether oxygens (including phenoxy) is 1. The molecule has 0 aliphatic rings. The highest BCUT2D eigenvalue weighted by atomic mass is 19.1. The Balaban J connectivity index is 1.81. The van der Waals surface area contributed by atoms with Gasteiger partial charge in [0.25, 0.3) is 0 Å². The van der Waals surface area contributed by atoms with Gasteiger partial charge in [-0.3, -0.25) is 4.98 Å². The molecule has 1 N–H and O–H groups in total. The van der Waals surface area contributed by atoms with Crippen LogP contribution >= 0.6 is 0 Å². The minimum Gasteiger partial charge on any atom is -0.444 e. The molecule has 2 aromatic heterocycles. The fourth-order valence-corrected chi connectivity index (χ4v) is 3.83. The van der Waals surface area contributed by atoms with Gasteiger partial charge in [0.05, 0.1) is 5.69 Å². The number of aromatic nitrogens is 3. The molecule has 0 bridgehead atoms. The van der Waals surface area contributed by atoms with Gasteiger partial charge < -0.3 is 10.1 Å². The van der Waals surface area contributed by atoms with Crippen LogP contribution in [0.2, 0.25) is 0 Å². The number of carbonyl (C=O) groups excluding carboxylic acids is 1. The van der Waals surface area contributed by atoms with Crippen LogP contribution in [0.5, 0.6) is 0 Å². The number of nitrogens with one attached hydrogen (secondary N) is 1. The lowest BCUT2D eigenvalue weighted by Crippen LogP contribution is -2.35. The average molecular weight is 463 g/mol. The number of halogens is 2. The molecule has 0 spiro atoms. The van der Waals surface area contributed by atoms with Crippen LogP contribution in [0.4, 0.5) is 13.6 Å². The van der Waals surface area contributed by atoms with Gasteiger partial charge in [-0.2, -0.15) is 0 Å². The zero-order chi connectivity index (χ0) is 24.3. The number of amides is 1. The molecule has 4 rings (SSSR count). The normalized spacial score (nSPS) is 12.4. The summed E-state index contributed by atoms with van der Waals surface area (Å²) >= 11 is 0. The van der Waals surface area contributed by atoms with E-state index in [1.165, 1.54) is 18.5 Å². The Morgan fingerprint density at radius 1 is 1.03 bits per heavy atom. The van der Waals surface area contributed by atoms with Crippen molar-refractivity contribution in [3.05, 3.63) is 90.3 Å². The van der Waals surface area contributed by atoms with Crippen molar-refractivity contribution in [2.45, 2.75) is 32.3 Å². The van der Waals surface area contributed by atoms with Crippen LogP contribution in [0.3, 0.4) is 0 Å². The van der Waals surface area contributed by atoms with Crippen molar-refractivity contribution in [3.8, 4) is 11.1 Å². The minimum absolute atomic E-state index is 0.00808. The highest BCUT2D eigenvalue weighted by molar-refractivity contribution is 5.96. The van der Waals surface area contributed by atoms with E-state index in [9.17, 15) is 13.6 Å². The molecule has 0 aliphatic carbocycles. The molecule has 34 heavy (non-hydrogen) atoms. The molecule has 6 nitrogen and oxygen atoms in total. The first-order valence-electron chi connectivity index (χ1n) is 10.8. The maximum atomic E-state index is 14.2. The van der Waals surface area contributed by atoms with E-state index in [1.807, 2.05) is 24.3 Å². The van der Waals surface area contributed by atoms with Crippen LogP contribution in [-0.2, 0) is 4.74 Å². The van der Waals surface area contributed by atoms with Crippen molar-refractivity contribution in [3.63, 3.8) is 0 Å². The van der Waals surface area contributed by atoms with Gasteiger partial charge in [-0.25, -0.2) is 23.5 Å². The molecule has 4 aromatic rings. The Labute approximate surface area is 196 Å². The summed E-state index contributed by atoms with van der Waals surface area (Å²) in [5.41, 5.74) is 1.67. The summed E-state index contributed by atoms with van der Waals surface area (Å²) in [6, 6.07) is 10.9. The quantitative estimate of drug-likeness (QED) is 0.416. The van der Waals surface area contributed by atoms with Crippen LogP contribution in [-0.4, -0.2) is 33.2 Å². The van der Waals surface area contributed by atoms with Gasteiger partial charge >= 0.3 is 6.09 Å². The number of hydrogen-bond acceptors (Lipinski definition) is 5. The van der Waals surface area contributed by atoms with E-state index in [4.69, 9.17) is 4.74 Å². The molecule has 0 saturated carbocycles. The first-order valence-corrected chi connectivity index (χ1v) is 10.8. The van der Waals surface area contributed by atoms with Crippen LogP contribution in [0, 0.1) is 11.6 Å². The number of fused-ring (bicyclic) bond motifs is 1. The number of nitrogens with zero attached hydrogens (tertiary/aromatic N) is 3. The van der Waals surface area contributed by atoms with Crippen LogP contribution in [0.1, 0.15) is 37.9 Å². The SMILES string of the molecule is CC(C)(C)OC(=O)NC[C@H](c1cc(F)cc(F)c1)c1ncncc1-c1cccc2cnccc12. The second-order valence-electron chi connectivity index (χ2n) is 8.86. The number of hydrogen-bond donors (Lipinski definition) is 1. The van der Waals surface area contributed by atoms with Crippen molar-refractivity contribution < 1.29 is 18.3 Å². The molecule has 8 heteroatoms. The molecule has 0 radical (unpaired) electrons. The number of benzene rings is 2. The van der Waals surface area contributed by atoms with Gasteiger partial charge in [0.2, 0.25) is 0 Å². The van der Waals surface area contributed by atoms with E-state index in [-0.39, 0.29) is 6.54 Å². The maximum Gasteiger partial charge on any atom is 0.407 e. The van der Waals surface area contributed by atoms with Crippen molar-refractivity contribution in [1.82, 2.24) is 20.3 Å². The van der Waals surface area contributed by atoms with E-state index >= 15 is 0 Å². The molecule has 0 fully saturated rings. The summed E-state index contributed by atoms with van der Waals surface area (Å²) in [5, 5.41) is 4.57. The maximum absolute atomic E-state index is 14.2. The molecule has 0 unspecified atom stereocenters. The smallest absolute Gasteiger partial charge is 0.407 e. The van der Waals surface area contributed by atoms with E-state index in [0.717, 1.165) is 22.4 Å². The zero-order valence-electron chi connectivity index (χ0n) is 19.0.